The van der Waals surface area contributed by atoms with Gasteiger partial charge in [-0.25, -0.2) is 0 Å². The molecule has 0 amide bonds. The number of aliphatic hydroxyl groups excluding tert-OH is 1. The van der Waals surface area contributed by atoms with Crippen LogP contribution in [0.25, 0.3) is 0 Å². The van der Waals surface area contributed by atoms with Crippen molar-refractivity contribution in [3.05, 3.63) is 0 Å². The lowest BCUT2D eigenvalue weighted by molar-refractivity contribution is -0.140. The molecule has 122 valence electrons. The zero-order chi connectivity index (χ0) is 15.8. The van der Waals surface area contributed by atoms with E-state index in [4.69, 9.17) is 0 Å². The quantitative estimate of drug-likeness (QED) is 0.333. The maximum absolute atomic E-state index is 10.9. The van der Waals surface area contributed by atoms with E-state index in [2.05, 4.69) is 23.5 Å². The van der Waals surface area contributed by atoms with Gasteiger partial charge in [0.2, 0.25) is 0 Å². The molecule has 3 nitrogen and oxygen atoms in total. The third-order valence-electron chi connectivity index (χ3n) is 3.51. The molecule has 1 N–H and O–H groups in total. The second-order valence-corrected chi connectivity index (χ2v) is 5.53. The maximum atomic E-state index is 10.9. The van der Waals surface area contributed by atoms with Gasteiger partial charge in [-0.1, -0.05) is 51.4 Å². The molecular weight excluding hydrogens is 264 g/mol. The van der Waals surface area contributed by atoms with Crippen molar-refractivity contribution in [3.63, 3.8) is 0 Å². The highest BCUT2D eigenvalue weighted by Crippen LogP contribution is 2.09. The van der Waals surface area contributed by atoms with Crippen LogP contribution < -0.4 is 0 Å². The molecule has 0 aromatic carbocycles. The highest BCUT2D eigenvalue weighted by atomic mass is 16.5. The normalized spacial score (nSPS) is 11.6. The molecule has 1 atom stereocenters. The molecule has 0 saturated heterocycles. The second-order valence-electron chi connectivity index (χ2n) is 5.53. The van der Waals surface area contributed by atoms with Gasteiger partial charge in [0.05, 0.1) is 7.11 Å². The van der Waals surface area contributed by atoms with Crippen molar-refractivity contribution >= 4 is 5.97 Å². The average molecular weight is 296 g/mol. The van der Waals surface area contributed by atoms with Crippen molar-refractivity contribution in [1.29, 1.82) is 0 Å². The lowest BCUT2D eigenvalue weighted by Gasteiger charge is -2.01. The smallest absolute Gasteiger partial charge is 0.305 e. The number of esters is 1. The Morgan fingerprint density at radius 2 is 1.71 bits per heavy atom. The second kappa shape index (κ2) is 15.4. The first-order valence-corrected chi connectivity index (χ1v) is 8.44. The number of methoxy groups -OCH3 is 1. The van der Waals surface area contributed by atoms with Crippen LogP contribution in [0.2, 0.25) is 0 Å². The van der Waals surface area contributed by atoms with Gasteiger partial charge in [-0.15, -0.1) is 5.92 Å². The van der Waals surface area contributed by atoms with Crippen LogP contribution >= 0.6 is 0 Å². The summed E-state index contributed by atoms with van der Waals surface area (Å²) in [6.45, 7) is 2.16. The molecule has 0 bridgehead atoms. The molecular formula is C18H32O3. The number of unbranched alkanes of at least 4 members (excludes halogenated alkanes) is 8. The molecule has 0 aromatic heterocycles. The first kappa shape index (κ1) is 20.0. The standard InChI is InChI=1S/C18H32O3/c1-3-4-11-14-17(19)15-12-9-7-5-6-8-10-13-16-18(20)21-2/h17,19H,3-11,13-14,16H2,1-2H3/t17-/m1/s1. The van der Waals surface area contributed by atoms with Crippen molar-refractivity contribution in [2.24, 2.45) is 0 Å². The van der Waals surface area contributed by atoms with E-state index < -0.39 is 6.10 Å². The summed E-state index contributed by atoms with van der Waals surface area (Å²) in [4.78, 5) is 10.9. The van der Waals surface area contributed by atoms with Crippen molar-refractivity contribution in [1.82, 2.24) is 0 Å². The predicted octanol–water partition coefficient (Wildman–Crippen LogP) is 4.22. The van der Waals surface area contributed by atoms with E-state index in [1.807, 2.05) is 0 Å². The van der Waals surface area contributed by atoms with Crippen LogP contribution in [0.5, 0.6) is 0 Å². The van der Waals surface area contributed by atoms with Crippen molar-refractivity contribution < 1.29 is 14.6 Å². The van der Waals surface area contributed by atoms with Gasteiger partial charge in [-0.05, 0) is 25.7 Å². The Balaban J connectivity index is 3.30. The van der Waals surface area contributed by atoms with Gasteiger partial charge >= 0.3 is 5.97 Å². The largest absolute Gasteiger partial charge is 0.469 e. The predicted molar refractivity (Wildman–Crippen MR) is 86.9 cm³/mol. The molecule has 21 heavy (non-hydrogen) atoms. The average Bonchev–Trinajstić information content (AvgIpc) is 2.49. The fraction of sp³-hybridized carbons (Fsp3) is 0.833. The lowest BCUT2D eigenvalue weighted by Crippen LogP contribution is -2.01. The van der Waals surface area contributed by atoms with Crippen LogP contribution in [0.1, 0.15) is 84.0 Å². The number of rotatable bonds is 12. The van der Waals surface area contributed by atoms with E-state index in [0.29, 0.717) is 6.42 Å². The zero-order valence-corrected chi connectivity index (χ0v) is 13.8. The minimum Gasteiger partial charge on any atom is -0.469 e. The Morgan fingerprint density at radius 1 is 1.05 bits per heavy atom. The Morgan fingerprint density at radius 3 is 2.38 bits per heavy atom. The number of hydrogen-bond donors (Lipinski definition) is 1. The molecule has 0 aromatic rings. The summed E-state index contributed by atoms with van der Waals surface area (Å²) in [5.41, 5.74) is 0. The van der Waals surface area contributed by atoms with Gasteiger partial charge in [0, 0.05) is 12.8 Å². The monoisotopic (exact) mass is 296 g/mol. The van der Waals surface area contributed by atoms with E-state index in [9.17, 15) is 9.90 Å². The van der Waals surface area contributed by atoms with Gasteiger partial charge < -0.3 is 9.84 Å². The number of carbonyl (C=O) groups is 1. The topological polar surface area (TPSA) is 46.5 Å². The van der Waals surface area contributed by atoms with Crippen LogP contribution in [0.15, 0.2) is 0 Å². The fourth-order valence-corrected chi connectivity index (χ4v) is 2.14. The molecule has 0 radical (unpaired) electrons. The first-order valence-electron chi connectivity index (χ1n) is 8.44. The van der Waals surface area contributed by atoms with Crippen molar-refractivity contribution in [2.45, 2.75) is 90.1 Å². The molecule has 0 heterocycles. The van der Waals surface area contributed by atoms with Crippen molar-refractivity contribution in [2.75, 3.05) is 7.11 Å². The molecule has 0 aliphatic heterocycles. The fourth-order valence-electron chi connectivity index (χ4n) is 2.14. The molecule has 0 unspecified atom stereocenters. The van der Waals surface area contributed by atoms with Gasteiger partial charge in [-0.3, -0.25) is 4.79 Å². The summed E-state index contributed by atoms with van der Waals surface area (Å²) in [6, 6.07) is 0. The molecule has 0 aliphatic carbocycles. The van der Waals surface area contributed by atoms with Gasteiger partial charge in [0.25, 0.3) is 0 Å². The first-order chi connectivity index (χ1) is 10.2. The third-order valence-corrected chi connectivity index (χ3v) is 3.51. The van der Waals surface area contributed by atoms with Gasteiger partial charge in [0.1, 0.15) is 6.10 Å². The van der Waals surface area contributed by atoms with Gasteiger partial charge in [-0.2, -0.15) is 0 Å². The summed E-state index contributed by atoms with van der Waals surface area (Å²) in [5.74, 6) is 5.89. The van der Waals surface area contributed by atoms with Crippen LogP contribution in [0, 0.1) is 11.8 Å². The van der Waals surface area contributed by atoms with E-state index in [-0.39, 0.29) is 5.97 Å². The zero-order valence-electron chi connectivity index (χ0n) is 13.8. The highest BCUT2D eigenvalue weighted by Gasteiger charge is 1.99. The minimum absolute atomic E-state index is 0.109. The summed E-state index contributed by atoms with van der Waals surface area (Å²) in [7, 11) is 1.43. The molecule has 0 spiro atoms. The minimum atomic E-state index is -0.435. The van der Waals surface area contributed by atoms with Crippen LogP contribution in [-0.2, 0) is 9.53 Å². The highest BCUT2D eigenvalue weighted by molar-refractivity contribution is 5.68. The molecule has 0 saturated carbocycles. The number of ether oxygens (including phenoxy) is 1. The molecule has 0 rings (SSSR count). The van der Waals surface area contributed by atoms with E-state index >= 15 is 0 Å². The number of carbonyl (C=O) groups excluding carboxylic acids is 1. The maximum Gasteiger partial charge on any atom is 0.305 e. The number of aliphatic hydroxyl groups is 1. The van der Waals surface area contributed by atoms with Crippen LogP contribution in [0.3, 0.4) is 0 Å². The Kier molecular flexibility index (Phi) is 14.6. The Bertz CT molecular complexity index is 301. The number of hydrogen-bond acceptors (Lipinski definition) is 3. The van der Waals surface area contributed by atoms with Gasteiger partial charge in [0.15, 0.2) is 0 Å². The lowest BCUT2D eigenvalue weighted by atomic mass is 10.1. The van der Waals surface area contributed by atoms with E-state index in [0.717, 1.165) is 38.5 Å². The summed E-state index contributed by atoms with van der Waals surface area (Å²) >= 11 is 0. The summed E-state index contributed by atoms with van der Waals surface area (Å²) < 4.78 is 4.60. The molecule has 3 heteroatoms. The third kappa shape index (κ3) is 15.2. The molecule has 0 fully saturated rings. The molecule has 0 aliphatic rings. The SMILES string of the molecule is CCCCC[C@@H](O)C#CCCCCCCCCC(=O)OC. The van der Waals surface area contributed by atoms with Crippen LogP contribution in [-0.4, -0.2) is 24.3 Å². The summed E-state index contributed by atoms with van der Waals surface area (Å²) in [5, 5.41) is 9.63. The summed E-state index contributed by atoms with van der Waals surface area (Å²) in [6.07, 6.45) is 11.9. The Labute approximate surface area is 130 Å². The van der Waals surface area contributed by atoms with Crippen molar-refractivity contribution in [3.8, 4) is 11.8 Å². The van der Waals surface area contributed by atoms with E-state index in [1.54, 1.807) is 0 Å². The Hall–Kier alpha value is -1.01. The van der Waals surface area contributed by atoms with E-state index in [1.165, 1.54) is 39.2 Å². The van der Waals surface area contributed by atoms with Crippen LogP contribution in [0.4, 0.5) is 0 Å².